The zero-order chi connectivity index (χ0) is 14.4. The topological polar surface area (TPSA) is 57.2 Å². The van der Waals surface area contributed by atoms with Crippen molar-refractivity contribution in [3.05, 3.63) is 41.0 Å². The van der Waals surface area contributed by atoms with E-state index < -0.39 is 10.1 Å². The Kier molecular flexibility index (Phi) is 5.44. The van der Waals surface area contributed by atoms with E-state index in [4.69, 9.17) is 0 Å². The summed E-state index contributed by atoms with van der Waals surface area (Å²) < 4.78 is 34.9. The summed E-state index contributed by atoms with van der Waals surface area (Å²) in [6, 6.07) is 7.27. The van der Waals surface area contributed by atoms with Crippen LogP contribution in [0.3, 0.4) is 0 Å². The van der Waals surface area contributed by atoms with Crippen LogP contribution in [-0.2, 0) is 10.1 Å². The maximum atomic E-state index is 11.6. The summed E-state index contributed by atoms with van der Waals surface area (Å²) in [5, 5.41) is 0. The summed E-state index contributed by atoms with van der Waals surface area (Å²) in [6.45, 7) is 7.64. The molecule has 0 aliphatic heterocycles. The van der Waals surface area contributed by atoms with Crippen LogP contribution in [0.15, 0.2) is 29.2 Å². The molecule has 0 fully saturated rings. The zero-order valence-electron chi connectivity index (χ0n) is 12.5. The van der Waals surface area contributed by atoms with Gasteiger partial charge in [0, 0.05) is 5.56 Å². The van der Waals surface area contributed by atoms with Gasteiger partial charge in [0.2, 0.25) is 0 Å². The van der Waals surface area contributed by atoms with Gasteiger partial charge in [0.1, 0.15) is 10.1 Å². The van der Waals surface area contributed by atoms with Gasteiger partial charge in [-0.1, -0.05) is 38.1 Å². The van der Waals surface area contributed by atoms with Gasteiger partial charge in [-0.25, -0.2) is 8.42 Å². The standard InChI is InChI=1S/C15H18O3S.Na/c1-9(2)13-11(4)14-10(3)7-5-6-8-12(14)15(13)19(16,17)18;/h5-9H,1-4H3,(H,16,17,18);/q;+1/p-1. The van der Waals surface area contributed by atoms with Crippen LogP contribution < -0.4 is 29.6 Å². The molecule has 2 rings (SSSR count). The SMILES string of the molecule is Cc1ccccc2c(S(=O)(=O)[O-])c(C(C)C)c(C)c1-2.[Na+]. The quantitative estimate of drug-likeness (QED) is 0.597. The number of aryl methyl sites for hydroxylation is 1. The van der Waals surface area contributed by atoms with Crippen LogP contribution in [-0.4, -0.2) is 13.0 Å². The predicted octanol–water partition coefficient (Wildman–Crippen LogP) is 0.440. The van der Waals surface area contributed by atoms with Crippen molar-refractivity contribution < 1.29 is 42.5 Å². The van der Waals surface area contributed by atoms with Gasteiger partial charge >= 0.3 is 29.6 Å². The third kappa shape index (κ3) is 2.95. The molecule has 0 saturated carbocycles. The van der Waals surface area contributed by atoms with Crippen molar-refractivity contribution in [1.29, 1.82) is 0 Å². The monoisotopic (exact) mass is 300 g/mol. The van der Waals surface area contributed by atoms with Crippen molar-refractivity contribution in [3.8, 4) is 11.1 Å². The molecule has 0 bridgehead atoms. The molecule has 5 heteroatoms. The summed E-state index contributed by atoms with van der Waals surface area (Å²) in [4.78, 5) is -0.0469. The Morgan fingerprint density at radius 1 is 1.10 bits per heavy atom. The van der Waals surface area contributed by atoms with Crippen LogP contribution in [0.1, 0.15) is 36.5 Å². The molecule has 0 aromatic rings. The van der Waals surface area contributed by atoms with Crippen molar-refractivity contribution in [1.82, 2.24) is 0 Å². The molecule has 0 aromatic carbocycles. The second-order valence-corrected chi connectivity index (χ2v) is 6.48. The zero-order valence-corrected chi connectivity index (χ0v) is 15.3. The van der Waals surface area contributed by atoms with Crippen molar-refractivity contribution >= 4 is 10.1 Å². The molecule has 0 unspecified atom stereocenters. The number of hydrogen-bond acceptors (Lipinski definition) is 3. The van der Waals surface area contributed by atoms with E-state index >= 15 is 0 Å². The fourth-order valence-electron chi connectivity index (χ4n) is 2.83. The Bertz CT molecular complexity index is 706. The third-order valence-corrected chi connectivity index (χ3v) is 4.42. The van der Waals surface area contributed by atoms with Crippen LogP contribution in [0.2, 0.25) is 0 Å². The van der Waals surface area contributed by atoms with Crippen LogP contribution >= 0.6 is 0 Å². The number of hydrogen-bond donors (Lipinski definition) is 0. The van der Waals surface area contributed by atoms with Gasteiger partial charge < -0.3 is 4.55 Å². The first-order valence-electron chi connectivity index (χ1n) is 6.22. The summed E-state index contributed by atoms with van der Waals surface area (Å²) in [5.41, 5.74) is 3.95. The summed E-state index contributed by atoms with van der Waals surface area (Å²) in [7, 11) is -4.48. The summed E-state index contributed by atoms with van der Waals surface area (Å²) in [5.74, 6) is -0.00386. The second-order valence-electron chi connectivity index (χ2n) is 5.17. The average molecular weight is 300 g/mol. The van der Waals surface area contributed by atoms with E-state index in [1.54, 1.807) is 12.1 Å². The van der Waals surface area contributed by atoms with Crippen LogP contribution in [0.25, 0.3) is 11.1 Å². The van der Waals surface area contributed by atoms with Gasteiger partial charge in [-0.05, 0) is 42.0 Å². The average Bonchev–Trinajstić information content (AvgIpc) is 2.43. The molecule has 0 N–H and O–H groups in total. The molecule has 20 heavy (non-hydrogen) atoms. The Labute approximate surface area is 142 Å². The maximum Gasteiger partial charge on any atom is 1.00 e. The minimum absolute atomic E-state index is 0. The normalized spacial score (nSPS) is 11.7. The number of fused-ring (bicyclic) bond motifs is 1. The molecule has 3 nitrogen and oxygen atoms in total. The van der Waals surface area contributed by atoms with Gasteiger partial charge in [-0.3, -0.25) is 0 Å². The second kappa shape index (κ2) is 6.16. The molecule has 0 radical (unpaired) electrons. The summed E-state index contributed by atoms with van der Waals surface area (Å²) in [6.07, 6.45) is 0. The van der Waals surface area contributed by atoms with E-state index in [0.29, 0.717) is 11.1 Å². The Balaban J connectivity index is 0.00000200. The Morgan fingerprint density at radius 2 is 1.65 bits per heavy atom. The van der Waals surface area contributed by atoms with Crippen molar-refractivity contribution in [2.45, 2.75) is 38.5 Å². The molecule has 2 aliphatic rings. The van der Waals surface area contributed by atoms with Gasteiger partial charge in [0.05, 0.1) is 4.90 Å². The molecule has 102 valence electrons. The molecule has 0 aromatic heterocycles. The van der Waals surface area contributed by atoms with E-state index in [0.717, 1.165) is 16.7 Å². The van der Waals surface area contributed by atoms with Gasteiger partial charge in [0.15, 0.2) is 0 Å². The van der Waals surface area contributed by atoms with E-state index in [1.165, 1.54) is 0 Å². The molecule has 2 aliphatic carbocycles. The largest absolute Gasteiger partial charge is 1.00 e. The molecule has 0 amide bonds. The van der Waals surface area contributed by atoms with Crippen LogP contribution in [0.5, 0.6) is 0 Å². The summed E-state index contributed by atoms with van der Waals surface area (Å²) >= 11 is 0. The molecular weight excluding hydrogens is 283 g/mol. The van der Waals surface area contributed by atoms with E-state index in [1.807, 2.05) is 39.8 Å². The van der Waals surface area contributed by atoms with Gasteiger partial charge in [0.25, 0.3) is 0 Å². The minimum atomic E-state index is -4.48. The first-order chi connectivity index (χ1) is 8.75. The van der Waals surface area contributed by atoms with Crippen LogP contribution in [0, 0.1) is 13.8 Å². The Morgan fingerprint density at radius 3 is 2.15 bits per heavy atom. The van der Waals surface area contributed by atoms with E-state index in [2.05, 4.69) is 0 Å². The predicted molar refractivity (Wildman–Crippen MR) is 74.6 cm³/mol. The molecular formula is C15H17NaO3S. The van der Waals surface area contributed by atoms with Crippen molar-refractivity contribution in [2.24, 2.45) is 0 Å². The molecule has 0 atom stereocenters. The minimum Gasteiger partial charge on any atom is -0.744 e. The van der Waals surface area contributed by atoms with Gasteiger partial charge in [-0.15, -0.1) is 0 Å². The number of rotatable bonds is 2. The van der Waals surface area contributed by atoms with Crippen molar-refractivity contribution in [3.63, 3.8) is 0 Å². The maximum absolute atomic E-state index is 11.6. The van der Waals surface area contributed by atoms with Gasteiger partial charge in [-0.2, -0.15) is 0 Å². The molecule has 0 spiro atoms. The fourth-order valence-corrected chi connectivity index (χ4v) is 3.93. The fraction of sp³-hybridized carbons (Fsp3) is 0.333. The van der Waals surface area contributed by atoms with Crippen LogP contribution in [0.4, 0.5) is 0 Å². The first-order valence-corrected chi connectivity index (χ1v) is 7.63. The smallest absolute Gasteiger partial charge is 0.744 e. The Hall–Kier alpha value is -0.390. The third-order valence-electron chi connectivity index (χ3n) is 3.48. The van der Waals surface area contributed by atoms with E-state index in [9.17, 15) is 13.0 Å². The first kappa shape index (κ1) is 17.7. The van der Waals surface area contributed by atoms with Crippen molar-refractivity contribution in [2.75, 3.05) is 0 Å². The molecule has 0 saturated heterocycles. The molecule has 0 heterocycles. The van der Waals surface area contributed by atoms with E-state index in [-0.39, 0.29) is 40.4 Å².